The molecule has 2 aromatic rings. The molecule has 1 aromatic heterocycles. The van der Waals surface area contributed by atoms with Gasteiger partial charge in [0.1, 0.15) is 5.82 Å². The van der Waals surface area contributed by atoms with Crippen molar-refractivity contribution >= 4 is 16.0 Å². The summed E-state index contributed by atoms with van der Waals surface area (Å²) in [5, 5.41) is 9.32. The van der Waals surface area contributed by atoms with Crippen LogP contribution in [0.3, 0.4) is 0 Å². The fourth-order valence-corrected chi connectivity index (χ4v) is 3.65. The number of hydrogen-bond donors (Lipinski definition) is 2. The van der Waals surface area contributed by atoms with Crippen LogP contribution in [0.15, 0.2) is 35.5 Å². The summed E-state index contributed by atoms with van der Waals surface area (Å²) in [6, 6.07) is 3.74. The highest BCUT2D eigenvalue weighted by Crippen LogP contribution is 2.22. The Morgan fingerprint density at radius 2 is 1.88 bits per heavy atom. The van der Waals surface area contributed by atoms with Crippen LogP contribution in [-0.2, 0) is 10.0 Å². The first-order chi connectivity index (χ1) is 11.1. The molecule has 0 amide bonds. The zero-order chi connectivity index (χ0) is 18.1. The van der Waals surface area contributed by atoms with E-state index in [1.54, 1.807) is 30.8 Å². The van der Waals surface area contributed by atoms with E-state index >= 15 is 0 Å². The topological polar surface area (TPSA) is 101 Å². The van der Waals surface area contributed by atoms with Gasteiger partial charge in [-0.25, -0.2) is 22.9 Å². The molecule has 24 heavy (non-hydrogen) atoms. The van der Waals surface area contributed by atoms with Gasteiger partial charge >= 0.3 is 5.97 Å². The Kier molecular flexibility index (Phi) is 5.10. The summed E-state index contributed by atoms with van der Waals surface area (Å²) in [4.78, 5) is 15.6. The van der Waals surface area contributed by atoms with E-state index in [1.807, 2.05) is 13.8 Å². The number of carboxylic acid groups (broad SMARTS) is 1. The molecular formula is C16H21N3O4S. The van der Waals surface area contributed by atoms with Crippen molar-refractivity contribution in [2.75, 3.05) is 0 Å². The van der Waals surface area contributed by atoms with E-state index < -0.39 is 16.0 Å². The molecule has 0 radical (unpaired) electrons. The summed E-state index contributed by atoms with van der Waals surface area (Å²) in [7, 11) is -3.81. The van der Waals surface area contributed by atoms with Gasteiger partial charge in [0.05, 0.1) is 10.5 Å². The molecule has 7 nitrogen and oxygen atoms in total. The first kappa shape index (κ1) is 18.2. The minimum Gasteiger partial charge on any atom is -0.478 e. The highest BCUT2D eigenvalue weighted by molar-refractivity contribution is 7.89. The summed E-state index contributed by atoms with van der Waals surface area (Å²) >= 11 is 0. The van der Waals surface area contributed by atoms with Crippen LogP contribution >= 0.6 is 0 Å². The largest absolute Gasteiger partial charge is 0.478 e. The van der Waals surface area contributed by atoms with Crippen LogP contribution in [0.2, 0.25) is 0 Å². The summed E-state index contributed by atoms with van der Waals surface area (Å²) < 4.78 is 29.0. The number of sulfonamides is 1. The highest BCUT2D eigenvalue weighted by atomic mass is 32.2. The van der Waals surface area contributed by atoms with E-state index in [2.05, 4.69) is 9.71 Å². The molecule has 0 fully saturated rings. The normalized spacial score (nSPS) is 12.1. The predicted molar refractivity (Wildman–Crippen MR) is 90.1 cm³/mol. The number of aromatic nitrogens is 2. The second-order valence-corrected chi connectivity index (χ2v) is 7.82. The molecule has 0 aliphatic heterocycles. The summed E-state index contributed by atoms with van der Waals surface area (Å²) in [6.07, 6.45) is 3.28. The Bertz CT molecular complexity index is 854. The molecule has 0 aliphatic carbocycles. The molecule has 2 N–H and O–H groups in total. The van der Waals surface area contributed by atoms with Gasteiger partial charge in [-0.15, -0.1) is 0 Å². The third-order valence-corrected chi connectivity index (χ3v) is 4.94. The van der Waals surface area contributed by atoms with E-state index in [0.717, 1.165) is 11.9 Å². The lowest BCUT2D eigenvalue weighted by Gasteiger charge is -2.14. The maximum absolute atomic E-state index is 12.4. The lowest BCUT2D eigenvalue weighted by Crippen LogP contribution is -2.30. The molecule has 130 valence electrons. The zero-order valence-electron chi connectivity index (χ0n) is 14.0. The number of rotatable bonds is 6. The summed E-state index contributed by atoms with van der Waals surface area (Å²) in [5.74, 6) is -0.371. The third kappa shape index (κ3) is 3.82. The maximum Gasteiger partial charge on any atom is 0.335 e. The van der Waals surface area contributed by atoms with Crippen LogP contribution in [0.5, 0.6) is 0 Å². The van der Waals surface area contributed by atoms with Gasteiger partial charge in [0.2, 0.25) is 10.0 Å². The van der Waals surface area contributed by atoms with Crippen molar-refractivity contribution in [2.24, 2.45) is 0 Å². The molecule has 0 aliphatic rings. The zero-order valence-corrected chi connectivity index (χ0v) is 14.8. The van der Waals surface area contributed by atoms with Gasteiger partial charge < -0.3 is 9.67 Å². The van der Waals surface area contributed by atoms with Crippen molar-refractivity contribution in [3.8, 4) is 5.69 Å². The number of benzene rings is 1. The molecule has 2 rings (SSSR count). The molecule has 0 bridgehead atoms. The Balaban J connectivity index is 2.66. The standard InChI is InChI=1S/C16H21N3O4S/c1-10(2)15-17-5-6-19(15)13-7-12(16(20)21)8-14(9-13)24(22,23)18-11(3)4/h5-11,18H,1-4H3,(H,20,21). The van der Waals surface area contributed by atoms with Crippen LogP contribution in [0.4, 0.5) is 0 Å². The van der Waals surface area contributed by atoms with Crippen LogP contribution in [0, 0.1) is 0 Å². The molecule has 0 spiro atoms. The van der Waals surface area contributed by atoms with Crippen LogP contribution in [-0.4, -0.2) is 35.1 Å². The first-order valence-corrected chi connectivity index (χ1v) is 9.04. The smallest absolute Gasteiger partial charge is 0.335 e. The predicted octanol–water partition coefficient (Wildman–Crippen LogP) is 2.38. The number of carboxylic acids is 1. The van der Waals surface area contributed by atoms with Gasteiger partial charge in [-0.05, 0) is 32.0 Å². The van der Waals surface area contributed by atoms with E-state index in [0.29, 0.717) is 5.69 Å². The van der Waals surface area contributed by atoms with Crippen molar-refractivity contribution in [3.63, 3.8) is 0 Å². The van der Waals surface area contributed by atoms with Crippen molar-refractivity contribution in [2.45, 2.75) is 44.6 Å². The van der Waals surface area contributed by atoms with E-state index in [1.165, 1.54) is 12.1 Å². The van der Waals surface area contributed by atoms with Crippen LogP contribution in [0.25, 0.3) is 5.69 Å². The van der Waals surface area contributed by atoms with Gasteiger partial charge in [-0.3, -0.25) is 0 Å². The Morgan fingerprint density at radius 1 is 1.21 bits per heavy atom. The highest BCUT2D eigenvalue weighted by Gasteiger charge is 2.20. The van der Waals surface area contributed by atoms with Crippen LogP contribution in [0.1, 0.15) is 49.8 Å². The second-order valence-electron chi connectivity index (χ2n) is 6.11. The van der Waals surface area contributed by atoms with Gasteiger partial charge in [0.15, 0.2) is 0 Å². The van der Waals surface area contributed by atoms with Crippen molar-refractivity contribution in [1.82, 2.24) is 14.3 Å². The number of nitrogens with one attached hydrogen (secondary N) is 1. The number of imidazole rings is 1. The third-order valence-electron chi connectivity index (χ3n) is 3.30. The summed E-state index contributed by atoms with van der Waals surface area (Å²) in [6.45, 7) is 7.31. The van der Waals surface area contributed by atoms with E-state index in [-0.39, 0.29) is 22.4 Å². The van der Waals surface area contributed by atoms with Gasteiger partial charge in [0.25, 0.3) is 0 Å². The molecule has 1 heterocycles. The number of aromatic carboxylic acids is 1. The lowest BCUT2D eigenvalue weighted by molar-refractivity contribution is 0.0696. The quantitative estimate of drug-likeness (QED) is 0.832. The Labute approximate surface area is 141 Å². The van der Waals surface area contributed by atoms with E-state index in [4.69, 9.17) is 0 Å². The summed E-state index contributed by atoms with van der Waals surface area (Å²) in [5.41, 5.74) is 0.347. The maximum atomic E-state index is 12.4. The molecule has 8 heteroatoms. The van der Waals surface area contributed by atoms with Crippen LogP contribution < -0.4 is 4.72 Å². The van der Waals surface area contributed by atoms with Gasteiger partial charge in [-0.2, -0.15) is 0 Å². The van der Waals surface area contributed by atoms with Gasteiger partial charge in [0, 0.05) is 30.0 Å². The Morgan fingerprint density at radius 3 is 2.42 bits per heavy atom. The first-order valence-electron chi connectivity index (χ1n) is 7.56. The van der Waals surface area contributed by atoms with Crippen molar-refractivity contribution in [3.05, 3.63) is 42.0 Å². The molecular weight excluding hydrogens is 330 g/mol. The average molecular weight is 351 g/mol. The Hall–Kier alpha value is -2.19. The SMILES string of the molecule is CC(C)NS(=O)(=O)c1cc(C(=O)O)cc(-n2ccnc2C(C)C)c1. The average Bonchev–Trinajstić information content (AvgIpc) is 2.95. The molecule has 0 atom stereocenters. The molecule has 1 aromatic carbocycles. The fourth-order valence-electron chi connectivity index (χ4n) is 2.34. The lowest BCUT2D eigenvalue weighted by atomic mass is 10.1. The molecule has 0 saturated heterocycles. The molecule has 0 saturated carbocycles. The van der Waals surface area contributed by atoms with E-state index in [9.17, 15) is 18.3 Å². The fraction of sp³-hybridized carbons (Fsp3) is 0.375. The minimum atomic E-state index is -3.81. The van der Waals surface area contributed by atoms with Gasteiger partial charge in [-0.1, -0.05) is 13.8 Å². The number of carbonyl (C=O) groups is 1. The molecule has 0 unspecified atom stereocenters. The monoisotopic (exact) mass is 351 g/mol. The minimum absolute atomic E-state index is 0.0884. The number of hydrogen-bond acceptors (Lipinski definition) is 4. The van der Waals surface area contributed by atoms with Crippen molar-refractivity contribution in [1.29, 1.82) is 0 Å². The number of nitrogens with zero attached hydrogens (tertiary/aromatic N) is 2. The van der Waals surface area contributed by atoms with Crippen molar-refractivity contribution < 1.29 is 18.3 Å². The second kappa shape index (κ2) is 6.74.